The number of furan rings is 1. The normalized spacial score (nSPS) is 12.1. The summed E-state index contributed by atoms with van der Waals surface area (Å²) in [6.45, 7) is 5.19. The van der Waals surface area contributed by atoms with Gasteiger partial charge in [-0.05, 0) is 31.7 Å². The average molecular weight is 193 g/mol. The predicted molar refractivity (Wildman–Crippen MR) is 60.3 cm³/mol. The minimum absolute atomic E-state index is 0.929. The third-order valence-electron chi connectivity index (χ3n) is 2.24. The highest BCUT2D eigenvalue weighted by Crippen LogP contribution is 2.13. The minimum Gasteiger partial charge on any atom is -0.462 e. The van der Waals surface area contributed by atoms with Crippen molar-refractivity contribution >= 4 is 6.08 Å². The first-order valence-corrected chi connectivity index (χ1v) is 5.22. The van der Waals surface area contributed by atoms with Gasteiger partial charge < -0.3 is 9.73 Å². The van der Waals surface area contributed by atoms with Crippen molar-refractivity contribution in [2.75, 3.05) is 13.6 Å². The molecule has 0 radical (unpaired) electrons. The van der Waals surface area contributed by atoms with Crippen LogP contribution < -0.4 is 5.32 Å². The maximum Gasteiger partial charge on any atom is 0.127 e. The molecule has 0 unspecified atom stereocenters. The van der Waals surface area contributed by atoms with E-state index in [2.05, 4.69) is 25.2 Å². The Bertz CT molecular complexity index is 299. The molecule has 78 valence electrons. The molecule has 14 heavy (non-hydrogen) atoms. The maximum atomic E-state index is 5.61. The molecule has 2 heteroatoms. The third-order valence-corrected chi connectivity index (χ3v) is 2.24. The van der Waals surface area contributed by atoms with Crippen molar-refractivity contribution in [3.63, 3.8) is 0 Å². The van der Waals surface area contributed by atoms with E-state index in [9.17, 15) is 0 Å². The number of aryl methyl sites for hydroxylation is 1. The molecule has 0 fully saturated rings. The Kier molecular flexibility index (Phi) is 4.47. The van der Waals surface area contributed by atoms with Crippen molar-refractivity contribution in [2.45, 2.75) is 26.7 Å². The highest BCUT2D eigenvalue weighted by atomic mass is 16.3. The second-order valence-electron chi connectivity index (χ2n) is 3.34. The molecule has 0 bridgehead atoms. The van der Waals surface area contributed by atoms with Crippen molar-refractivity contribution in [2.24, 2.45) is 0 Å². The number of likely N-dealkylation sites (N-methyl/N-ethyl adjacent to an activating group) is 1. The summed E-state index contributed by atoms with van der Waals surface area (Å²) in [5.41, 5.74) is 1.37. The Hall–Kier alpha value is -1.02. The summed E-state index contributed by atoms with van der Waals surface area (Å²) in [5.74, 6) is 2.02. The summed E-state index contributed by atoms with van der Waals surface area (Å²) in [6.07, 6.45) is 4.14. The Morgan fingerprint density at radius 3 is 2.71 bits per heavy atom. The summed E-state index contributed by atoms with van der Waals surface area (Å²) in [5, 5.41) is 3.15. The van der Waals surface area contributed by atoms with E-state index in [1.807, 2.05) is 19.2 Å². The van der Waals surface area contributed by atoms with E-state index < -0.39 is 0 Å². The first kappa shape index (κ1) is 11.1. The Morgan fingerprint density at radius 2 is 2.21 bits per heavy atom. The highest BCUT2D eigenvalue weighted by Gasteiger charge is 1.99. The van der Waals surface area contributed by atoms with Gasteiger partial charge >= 0.3 is 0 Å². The van der Waals surface area contributed by atoms with Crippen LogP contribution in [0.1, 0.15) is 31.8 Å². The average Bonchev–Trinajstić information content (AvgIpc) is 2.65. The van der Waals surface area contributed by atoms with Gasteiger partial charge in [0.2, 0.25) is 0 Å². The molecule has 0 spiro atoms. The first-order chi connectivity index (χ1) is 6.80. The summed E-state index contributed by atoms with van der Waals surface area (Å²) >= 11 is 0. The zero-order chi connectivity index (χ0) is 10.4. The van der Waals surface area contributed by atoms with Crippen molar-refractivity contribution in [3.8, 4) is 0 Å². The Labute approximate surface area is 86.0 Å². The Balaban J connectivity index is 2.72. The van der Waals surface area contributed by atoms with E-state index in [-0.39, 0.29) is 0 Å². The van der Waals surface area contributed by atoms with Gasteiger partial charge in [-0.2, -0.15) is 0 Å². The second kappa shape index (κ2) is 5.66. The second-order valence-corrected chi connectivity index (χ2v) is 3.34. The van der Waals surface area contributed by atoms with Crippen LogP contribution in [0.3, 0.4) is 0 Å². The van der Waals surface area contributed by atoms with Crippen LogP contribution in [0, 0.1) is 0 Å². The molecule has 0 aliphatic carbocycles. The van der Waals surface area contributed by atoms with Gasteiger partial charge in [-0.25, -0.2) is 0 Å². The maximum absolute atomic E-state index is 5.61. The number of nitrogens with one attached hydrogen (secondary N) is 1. The molecule has 0 amide bonds. The molecule has 0 aliphatic heterocycles. The minimum atomic E-state index is 0.929. The van der Waals surface area contributed by atoms with Gasteiger partial charge in [0, 0.05) is 13.0 Å². The van der Waals surface area contributed by atoms with Crippen LogP contribution in [-0.2, 0) is 6.42 Å². The van der Waals surface area contributed by atoms with Gasteiger partial charge in [0.05, 0.1) is 0 Å². The molecule has 1 aromatic rings. The van der Waals surface area contributed by atoms with E-state index in [1.54, 1.807) is 0 Å². The van der Waals surface area contributed by atoms with E-state index in [1.165, 1.54) is 5.57 Å². The van der Waals surface area contributed by atoms with Gasteiger partial charge in [0.1, 0.15) is 11.5 Å². The molecule has 0 saturated heterocycles. The van der Waals surface area contributed by atoms with Gasteiger partial charge in [-0.15, -0.1) is 0 Å². The number of rotatable bonds is 5. The molecule has 0 aromatic carbocycles. The lowest BCUT2D eigenvalue weighted by atomic mass is 10.2. The molecule has 2 nitrogen and oxygen atoms in total. The van der Waals surface area contributed by atoms with Crippen LogP contribution in [-0.4, -0.2) is 13.6 Å². The van der Waals surface area contributed by atoms with Gasteiger partial charge in [-0.1, -0.05) is 19.4 Å². The van der Waals surface area contributed by atoms with Gasteiger partial charge in [-0.3, -0.25) is 0 Å². The van der Waals surface area contributed by atoms with E-state index >= 15 is 0 Å². The molecule has 0 saturated carbocycles. The van der Waals surface area contributed by atoms with E-state index in [4.69, 9.17) is 4.42 Å². The highest BCUT2D eigenvalue weighted by molar-refractivity contribution is 5.48. The number of hydrogen-bond donors (Lipinski definition) is 1. The summed E-state index contributed by atoms with van der Waals surface area (Å²) < 4.78 is 5.61. The largest absolute Gasteiger partial charge is 0.462 e. The molecule has 0 atom stereocenters. The lowest BCUT2D eigenvalue weighted by Gasteiger charge is -2.01. The third kappa shape index (κ3) is 3.04. The predicted octanol–water partition coefficient (Wildman–Crippen LogP) is 2.85. The lowest BCUT2D eigenvalue weighted by Crippen LogP contribution is -2.09. The first-order valence-electron chi connectivity index (χ1n) is 5.22. The zero-order valence-corrected chi connectivity index (χ0v) is 9.26. The van der Waals surface area contributed by atoms with E-state index in [0.717, 1.165) is 30.9 Å². The van der Waals surface area contributed by atoms with Crippen LogP contribution in [0.25, 0.3) is 6.08 Å². The zero-order valence-electron chi connectivity index (χ0n) is 9.26. The van der Waals surface area contributed by atoms with E-state index in [0.29, 0.717) is 0 Å². The van der Waals surface area contributed by atoms with Crippen molar-refractivity contribution in [1.82, 2.24) is 5.32 Å². The van der Waals surface area contributed by atoms with Gasteiger partial charge in [0.25, 0.3) is 0 Å². The van der Waals surface area contributed by atoms with Crippen molar-refractivity contribution < 1.29 is 4.42 Å². The lowest BCUT2D eigenvalue weighted by molar-refractivity contribution is 0.507. The quantitative estimate of drug-likeness (QED) is 0.778. The molecule has 1 heterocycles. The van der Waals surface area contributed by atoms with Crippen LogP contribution in [0.2, 0.25) is 0 Å². The summed E-state index contributed by atoms with van der Waals surface area (Å²) in [4.78, 5) is 0. The molecule has 1 rings (SSSR count). The molecular formula is C12H19NO. The smallest absolute Gasteiger partial charge is 0.127 e. The molecule has 1 aromatic heterocycles. The standard InChI is InChI=1S/C12H19NO/c1-4-10(9-13-3)8-12-7-6-11(5-2)14-12/h6-8,13H,4-5,9H2,1-3H3. The van der Waals surface area contributed by atoms with Crippen LogP contribution in [0.5, 0.6) is 0 Å². The number of hydrogen-bond acceptors (Lipinski definition) is 2. The van der Waals surface area contributed by atoms with Crippen LogP contribution in [0.15, 0.2) is 22.1 Å². The van der Waals surface area contributed by atoms with Crippen molar-refractivity contribution in [1.29, 1.82) is 0 Å². The fraction of sp³-hybridized carbons (Fsp3) is 0.500. The summed E-state index contributed by atoms with van der Waals surface area (Å²) in [6, 6.07) is 4.07. The SMILES string of the molecule is CCC(=Cc1ccc(CC)o1)CNC. The molecule has 0 aliphatic rings. The monoisotopic (exact) mass is 193 g/mol. The fourth-order valence-electron chi connectivity index (χ4n) is 1.37. The van der Waals surface area contributed by atoms with Crippen molar-refractivity contribution in [3.05, 3.63) is 29.2 Å². The van der Waals surface area contributed by atoms with Gasteiger partial charge in [0.15, 0.2) is 0 Å². The topological polar surface area (TPSA) is 25.2 Å². The Morgan fingerprint density at radius 1 is 1.43 bits per heavy atom. The summed E-state index contributed by atoms with van der Waals surface area (Å²) in [7, 11) is 1.96. The molecular weight excluding hydrogens is 174 g/mol. The van der Waals surface area contributed by atoms with Crippen LogP contribution >= 0.6 is 0 Å². The van der Waals surface area contributed by atoms with Crippen LogP contribution in [0.4, 0.5) is 0 Å². The molecule has 1 N–H and O–H groups in total. The fourth-order valence-corrected chi connectivity index (χ4v) is 1.37.